The quantitative estimate of drug-likeness (QED) is 0.159. The van der Waals surface area contributed by atoms with Crippen LogP contribution in [0.1, 0.15) is 50.7 Å². The van der Waals surface area contributed by atoms with Gasteiger partial charge in [-0.25, -0.2) is 0 Å². The standard InChI is InChI=1S/C50H42N2O/c1-33(2)35-23-27-41(28-24-35)51(39-17-7-5-8-18-39)45-31-37-15-11-13-21-43(37)47-48-44-22-14-12-16-38(44)32-46(50(48)53-49(45)47)52(40-19-9-6-10-20-40)42-29-25-36(26-30-42)34(3)4/h5-34H,1-4H3. The number of fused-ring (bicyclic) bond motifs is 7. The van der Waals surface area contributed by atoms with Crippen LogP contribution in [-0.4, -0.2) is 0 Å². The van der Waals surface area contributed by atoms with E-state index in [2.05, 4.69) is 207 Å². The summed E-state index contributed by atoms with van der Waals surface area (Å²) in [5.74, 6) is 0.885. The molecule has 3 nitrogen and oxygen atoms in total. The molecule has 3 heteroatoms. The Kier molecular flexibility index (Phi) is 8.20. The molecule has 0 unspecified atom stereocenters. The molecule has 1 heterocycles. The van der Waals surface area contributed by atoms with Gasteiger partial charge in [0.15, 0.2) is 11.2 Å². The summed E-state index contributed by atoms with van der Waals surface area (Å²) in [7, 11) is 0. The van der Waals surface area contributed by atoms with Gasteiger partial charge in [0.25, 0.3) is 0 Å². The predicted octanol–water partition coefficient (Wildman–Crippen LogP) is 15.1. The van der Waals surface area contributed by atoms with Crippen molar-refractivity contribution < 1.29 is 4.42 Å². The Morgan fingerprint density at radius 3 is 1.09 bits per heavy atom. The van der Waals surface area contributed by atoms with E-state index in [1.54, 1.807) is 0 Å². The van der Waals surface area contributed by atoms with Crippen LogP contribution in [0, 0.1) is 0 Å². The minimum atomic E-state index is 0.442. The number of para-hydroxylation sites is 2. The van der Waals surface area contributed by atoms with Gasteiger partial charge in [0, 0.05) is 33.5 Å². The molecule has 0 bridgehead atoms. The number of benzene rings is 8. The molecule has 0 saturated heterocycles. The largest absolute Gasteiger partial charge is 0.452 e. The molecule has 0 aliphatic rings. The Hall–Kier alpha value is -6.32. The van der Waals surface area contributed by atoms with Gasteiger partial charge in [0.2, 0.25) is 0 Å². The molecule has 0 radical (unpaired) electrons. The number of furan rings is 1. The zero-order valence-corrected chi connectivity index (χ0v) is 30.6. The van der Waals surface area contributed by atoms with Crippen LogP contribution >= 0.6 is 0 Å². The van der Waals surface area contributed by atoms with Crippen molar-refractivity contribution >= 4 is 77.6 Å². The van der Waals surface area contributed by atoms with Gasteiger partial charge < -0.3 is 14.2 Å². The van der Waals surface area contributed by atoms with Crippen molar-refractivity contribution in [3.05, 3.63) is 181 Å². The molecular weight excluding hydrogens is 645 g/mol. The van der Waals surface area contributed by atoms with Crippen LogP contribution < -0.4 is 9.80 Å². The molecule has 0 amide bonds. The van der Waals surface area contributed by atoms with Crippen LogP contribution in [0.3, 0.4) is 0 Å². The third kappa shape index (κ3) is 5.70. The summed E-state index contributed by atoms with van der Waals surface area (Å²) in [4.78, 5) is 4.70. The van der Waals surface area contributed by atoms with E-state index in [1.807, 2.05) is 0 Å². The molecule has 1 aromatic heterocycles. The third-order valence-electron chi connectivity index (χ3n) is 10.6. The van der Waals surface area contributed by atoms with Crippen LogP contribution in [0.2, 0.25) is 0 Å². The van der Waals surface area contributed by atoms with E-state index in [-0.39, 0.29) is 0 Å². The molecule has 9 aromatic rings. The average Bonchev–Trinajstić information content (AvgIpc) is 3.61. The molecule has 0 atom stereocenters. The average molecular weight is 687 g/mol. The van der Waals surface area contributed by atoms with Gasteiger partial charge >= 0.3 is 0 Å². The van der Waals surface area contributed by atoms with Gasteiger partial charge in [0.1, 0.15) is 0 Å². The van der Waals surface area contributed by atoms with Crippen molar-refractivity contribution in [2.75, 3.05) is 9.80 Å². The van der Waals surface area contributed by atoms with Gasteiger partial charge in [-0.2, -0.15) is 0 Å². The molecule has 0 N–H and O–H groups in total. The topological polar surface area (TPSA) is 19.6 Å². The second kappa shape index (κ2) is 13.3. The van der Waals surface area contributed by atoms with Crippen LogP contribution in [0.15, 0.2) is 174 Å². The summed E-state index contributed by atoms with van der Waals surface area (Å²) in [6, 6.07) is 61.3. The van der Waals surface area contributed by atoms with Crippen LogP contribution in [0.25, 0.3) is 43.5 Å². The summed E-state index contributed by atoms with van der Waals surface area (Å²) in [5.41, 5.74) is 10.7. The van der Waals surface area contributed by atoms with E-state index in [0.717, 1.165) is 66.8 Å². The summed E-state index contributed by atoms with van der Waals surface area (Å²) >= 11 is 0. The number of hydrogen-bond donors (Lipinski definition) is 0. The molecule has 258 valence electrons. The molecule has 0 aliphatic carbocycles. The minimum absolute atomic E-state index is 0.442. The lowest BCUT2D eigenvalue weighted by molar-refractivity contribution is 0.670. The smallest absolute Gasteiger partial charge is 0.160 e. The molecule has 0 saturated carbocycles. The predicted molar refractivity (Wildman–Crippen MR) is 226 cm³/mol. The van der Waals surface area contributed by atoms with Crippen LogP contribution in [-0.2, 0) is 0 Å². The Balaban J connectivity index is 1.41. The Morgan fingerprint density at radius 1 is 0.377 bits per heavy atom. The Bertz CT molecular complexity index is 2520. The molecular formula is C50H42N2O. The number of nitrogens with zero attached hydrogens (tertiary/aromatic N) is 2. The monoisotopic (exact) mass is 686 g/mol. The fraction of sp³-hybridized carbons (Fsp3) is 0.120. The van der Waals surface area contributed by atoms with E-state index in [1.165, 1.54) is 21.9 Å². The first-order valence-corrected chi connectivity index (χ1v) is 18.7. The maximum absolute atomic E-state index is 7.42. The maximum Gasteiger partial charge on any atom is 0.160 e. The molecule has 53 heavy (non-hydrogen) atoms. The van der Waals surface area contributed by atoms with E-state index in [0.29, 0.717) is 11.8 Å². The highest BCUT2D eigenvalue weighted by molar-refractivity contribution is 6.31. The van der Waals surface area contributed by atoms with Crippen molar-refractivity contribution in [1.82, 2.24) is 0 Å². The first kappa shape index (κ1) is 32.6. The van der Waals surface area contributed by atoms with E-state index in [9.17, 15) is 0 Å². The molecule has 8 aromatic carbocycles. The maximum atomic E-state index is 7.42. The van der Waals surface area contributed by atoms with E-state index < -0.39 is 0 Å². The van der Waals surface area contributed by atoms with Gasteiger partial charge in [-0.3, -0.25) is 0 Å². The molecule has 0 fully saturated rings. The highest BCUT2D eigenvalue weighted by atomic mass is 16.3. The summed E-state index contributed by atoms with van der Waals surface area (Å²) < 4.78 is 7.42. The number of rotatable bonds is 8. The zero-order valence-electron chi connectivity index (χ0n) is 30.6. The number of anilines is 6. The van der Waals surface area contributed by atoms with Crippen LogP contribution in [0.5, 0.6) is 0 Å². The molecule has 0 spiro atoms. The second-order valence-corrected chi connectivity index (χ2v) is 14.6. The Labute approximate surface area is 311 Å². The van der Waals surface area contributed by atoms with Gasteiger partial charge in [-0.1, -0.05) is 137 Å². The van der Waals surface area contributed by atoms with Gasteiger partial charge in [0.05, 0.1) is 11.4 Å². The fourth-order valence-electron chi connectivity index (χ4n) is 7.79. The van der Waals surface area contributed by atoms with Crippen molar-refractivity contribution in [3.8, 4) is 0 Å². The summed E-state index contributed by atoms with van der Waals surface area (Å²) in [6.45, 7) is 8.96. The SMILES string of the molecule is CC(C)c1ccc(N(c2ccccc2)c2cc3ccccc3c3c2oc2c(N(c4ccccc4)c4ccc(C(C)C)cc4)cc4ccccc4c23)cc1. The lowest BCUT2D eigenvalue weighted by Gasteiger charge is -2.26. The summed E-state index contributed by atoms with van der Waals surface area (Å²) in [6.07, 6.45) is 0. The van der Waals surface area contributed by atoms with Crippen molar-refractivity contribution in [2.45, 2.75) is 39.5 Å². The summed E-state index contributed by atoms with van der Waals surface area (Å²) in [5, 5.41) is 6.90. The van der Waals surface area contributed by atoms with E-state index in [4.69, 9.17) is 4.42 Å². The molecule has 9 rings (SSSR count). The molecule has 0 aliphatic heterocycles. The third-order valence-corrected chi connectivity index (χ3v) is 10.6. The zero-order chi connectivity index (χ0) is 36.1. The Morgan fingerprint density at radius 2 is 0.717 bits per heavy atom. The first-order valence-electron chi connectivity index (χ1n) is 18.7. The highest BCUT2D eigenvalue weighted by Gasteiger charge is 2.26. The first-order chi connectivity index (χ1) is 26.0. The lowest BCUT2D eigenvalue weighted by Crippen LogP contribution is -2.10. The normalized spacial score (nSPS) is 11.7. The second-order valence-electron chi connectivity index (χ2n) is 14.6. The van der Waals surface area contributed by atoms with Crippen LogP contribution in [0.4, 0.5) is 34.1 Å². The fourth-order valence-corrected chi connectivity index (χ4v) is 7.79. The minimum Gasteiger partial charge on any atom is -0.452 e. The number of hydrogen-bond acceptors (Lipinski definition) is 3. The van der Waals surface area contributed by atoms with Crippen molar-refractivity contribution in [3.63, 3.8) is 0 Å². The van der Waals surface area contributed by atoms with Gasteiger partial charge in [-0.05, 0) is 105 Å². The highest BCUT2D eigenvalue weighted by Crippen LogP contribution is 2.51. The van der Waals surface area contributed by atoms with Gasteiger partial charge in [-0.15, -0.1) is 0 Å². The van der Waals surface area contributed by atoms with E-state index >= 15 is 0 Å². The van der Waals surface area contributed by atoms with Crippen molar-refractivity contribution in [2.24, 2.45) is 0 Å². The lowest BCUT2D eigenvalue weighted by atomic mass is 9.97. The van der Waals surface area contributed by atoms with Crippen molar-refractivity contribution in [1.29, 1.82) is 0 Å².